The number of amides is 1. The number of hydrogen-bond donors (Lipinski definition) is 3. The fraction of sp³-hybridized carbons (Fsp3) is 0.182. The van der Waals surface area contributed by atoms with Crippen molar-refractivity contribution in [2.45, 2.75) is 12.7 Å². The Morgan fingerprint density at radius 1 is 1.30 bits per heavy atom. The van der Waals surface area contributed by atoms with E-state index in [-0.39, 0.29) is 12.4 Å². The lowest BCUT2D eigenvalue weighted by Crippen LogP contribution is -2.23. The molecule has 2 aromatic rings. The number of aromatic amines is 1. The van der Waals surface area contributed by atoms with Gasteiger partial charge in [0.25, 0.3) is 11.7 Å². The minimum Gasteiger partial charge on any atom is -0.399 e. The number of H-pyrrole nitrogens is 1. The van der Waals surface area contributed by atoms with Crippen LogP contribution in [0.25, 0.3) is 0 Å². The quantitative estimate of drug-likeness (QED) is 0.741. The van der Waals surface area contributed by atoms with Gasteiger partial charge in [0, 0.05) is 11.3 Å². The molecular weight excluding hydrogens is 275 g/mol. The number of aromatic nitrogens is 3. The Balaban J connectivity index is 1.97. The van der Waals surface area contributed by atoms with Crippen LogP contribution in [0.4, 0.5) is 18.9 Å². The van der Waals surface area contributed by atoms with Gasteiger partial charge in [0.15, 0.2) is 0 Å². The van der Waals surface area contributed by atoms with Crippen molar-refractivity contribution in [2.24, 2.45) is 0 Å². The highest BCUT2D eigenvalue weighted by Crippen LogP contribution is 2.25. The lowest BCUT2D eigenvalue weighted by Gasteiger charge is -2.03. The minimum absolute atomic E-state index is 0.0823. The second-order valence-corrected chi connectivity index (χ2v) is 3.91. The van der Waals surface area contributed by atoms with E-state index in [0.717, 1.165) is 0 Å². The first-order valence-corrected chi connectivity index (χ1v) is 5.48. The maximum absolute atomic E-state index is 12.3. The Kier molecular flexibility index (Phi) is 3.59. The van der Waals surface area contributed by atoms with Gasteiger partial charge < -0.3 is 11.1 Å². The van der Waals surface area contributed by atoms with Gasteiger partial charge in [-0.3, -0.25) is 9.89 Å². The molecule has 1 heterocycles. The fourth-order valence-corrected chi connectivity index (χ4v) is 1.40. The van der Waals surface area contributed by atoms with Crippen LogP contribution in [0.1, 0.15) is 22.0 Å². The molecule has 1 amide bonds. The van der Waals surface area contributed by atoms with Crippen LogP contribution in [0, 0.1) is 0 Å². The molecule has 0 bridgehead atoms. The maximum Gasteiger partial charge on any atom is 0.453 e. The van der Waals surface area contributed by atoms with Gasteiger partial charge in [-0.1, -0.05) is 0 Å². The van der Waals surface area contributed by atoms with Gasteiger partial charge in [0.2, 0.25) is 0 Å². The number of anilines is 1. The zero-order valence-corrected chi connectivity index (χ0v) is 10.0. The number of nitrogens with one attached hydrogen (secondary N) is 2. The molecule has 0 radical (unpaired) electrons. The van der Waals surface area contributed by atoms with Gasteiger partial charge in [0.1, 0.15) is 5.82 Å². The summed E-state index contributed by atoms with van der Waals surface area (Å²) in [5, 5.41) is 7.55. The second kappa shape index (κ2) is 5.19. The summed E-state index contributed by atoms with van der Waals surface area (Å²) < 4.78 is 36.8. The summed E-state index contributed by atoms with van der Waals surface area (Å²) in [7, 11) is 0. The van der Waals surface area contributed by atoms with Gasteiger partial charge in [-0.05, 0) is 24.3 Å². The highest BCUT2D eigenvalue weighted by Gasteiger charge is 2.35. The van der Waals surface area contributed by atoms with Crippen LogP contribution in [0.5, 0.6) is 0 Å². The van der Waals surface area contributed by atoms with E-state index >= 15 is 0 Å². The van der Waals surface area contributed by atoms with Crippen LogP contribution in [-0.2, 0) is 12.7 Å². The van der Waals surface area contributed by atoms with Crippen molar-refractivity contribution in [3.05, 3.63) is 41.5 Å². The highest BCUT2D eigenvalue weighted by molar-refractivity contribution is 5.94. The van der Waals surface area contributed by atoms with Gasteiger partial charge in [0.05, 0.1) is 6.54 Å². The number of benzene rings is 1. The molecule has 106 valence electrons. The van der Waals surface area contributed by atoms with Crippen molar-refractivity contribution in [3.63, 3.8) is 0 Å². The predicted octanol–water partition coefficient (Wildman–Crippen LogP) is 1.34. The summed E-state index contributed by atoms with van der Waals surface area (Å²) in [5.41, 5.74) is 6.32. The number of nitrogens with two attached hydrogens (primary N) is 1. The van der Waals surface area contributed by atoms with Crippen molar-refractivity contribution >= 4 is 11.6 Å². The number of alkyl halides is 3. The van der Waals surface area contributed by atoms with Gasteiger partial charge in [-0.25, -0.2) is 4.98 Å². The zero-order chi connectivity index (χ0) is 14.8. The number of carbonyl (C=O) groups excluding carboxylic acids is 1. The minimum atomic E-state index is -4.62. The summed E-state index contributed by atoms with van der Waals surface area (Å²) in [6.07, 6.45) is -4.62. The molecule has 4 N–H and O–H groups in total. The molecule has 9 heteroatoms. The molecule has 6 nitrogen and oxygen atoms in total. The number of hydrogen-bond acceptors (Lipinski definition) is 4. The van der Waals surface area contributed by atoms with Crippen LogP contribution in [0.15, 0.2) is 24.3 Å². The topological polar surface area (TPSA) is 96.7 Å². The van der Waals surface area contributed by atoms with Gasteiger partial charge in [-0.2, -0.15) is 13.2 Å². The molecule has 0 spiro atoms. The number of nitrogen functional groups attached to an aromatic ring is 1. The second-order valence-electron chi connectivity index (χ2n) is 3.91. The number of nitrogens with zero attached hydrogens (tertiary/aromatic N) is 2. The molecule has 0 saturated heterocycles. The Morgan fingerprint density at radius 3 is 2.50 bits per heavy atom. The summed E-state index contributed by atoms with van der Waals surface area (Å²) in [5.74, 6) is -1.80. The Hall–Kier alpha value is -2.58. The molecule has 0 aliphatic carbocycles. The molecular formula is C11H10F3N5O. The van der Waals surface area contributed by atoms with E-state index in [1.165, 1.54) is 12.1 Å². The number of rotatable bonds is 3. The summed E-state index contributed by atoms with van der Waals surface area (Å²) >= 11 is 0. The van der Waals surface area contributed by atoms with Crippen molar-refractivity contribution in [1.29, 1.82) is 0 Å². The average molecular weight is 285 g/mol. The molecule has 20 heavy (non-hydrogen) atoms. The Labute approximate surface area is 111 Å². The SMILES string of the molecule is Nc1ccc(C(=O)NCc2nc(C(F)(F)F)n[nH]2)cc1. The first kappa shape index (κ1) is 13.8. The van der Waals surface area contributed by atoms with Crippen molar-refractivity contribution < 1.29 is 18.0 Å². The van der Waals surface area contributed by atoms with Crippen LogP contribution in [-0.4, -0.2) is 21.1 Å². The molecule has 0 fully saturated rings. The summed E-state index contributed by atoms with van der Waals surface area (Å²) in [6.45, 7) is -0.188. The monoisotopic (exact) mass is 285 g/mol. The van der Waals surface area contributed by atoms with E-state index in [1.54, 1.807) is 12.1 Å². The van der Waals surface area contributed by atoms with E-state index in [4.69, 9.17) is 5.73 Å². The number of halogens is 3. The van der Waals surface area contributed by atoms with Crippen molar-refractivity contribution in [3.8, 4) is 0 Å². The smallest absolute Gasteiger partial charge is 0.399 e. The van der Waals surface area contributed by atoms with Crippen molar-refractivity contribution in [2.75, 3.05) is 5.73 Å². The molecule has 1 aromatic carbocycles. The molecule has 0 unspecified atom stereocenters. The maximum atomic E-state index is 12.3. The largest absolute Gasteiger partial charge is 0.453 e. The van der Waals surface area contributed by atoms with Crippen LogP contribution < -0.4 is 11.1 Å². The van der Waals surface area contributed by atoms with Gasteiger partial charge >= 0.3 is 6.18 Å². The van der Waals surface area contributed by atoms with E-state index < -0.39 is 17.9 Å². The normalized spacial score (nSPS) is 11.3. The summed E-state index contributed by atoms with van der Waals surface area (Å²) in [6, 6.07) is 6.11. The van der Waals surface area contributed by atoms with E-state index in [1.807, 2.05) is 0 Å². The fourth-order valence-electron chi connectivity index (χ4n) is 1.40. The zero-order valence-electron chi connectivity index (χ0n) is 10.0. The molecule has 1 aromatic heterocycles. The van der Waals surface area contributed by atoms with E-state index in [9.17, 15) is 18.0 Å². The Bertz CT molecular complexity index is 605. The van der Waals surface area contributed by atoms with Crippen LogP contribution in [0.2, 0.25) is 0 Å². The average Bonchev–Trinajstić information content (AvgIpc) is 2.85. The molecule has 0 saturated carbocycles. The third-order valence-electron chi connectivity index (χ3n) is 2.37. The Morgan fingerprint density at radius 2 is 1.95 bits per heavy atom. The standard InChI is InChI=1S/C11H10F3N5O/c12-11(13,14)10-17-8(18-19-10)5-16-9(20)6-1-3-7(15)4-2-6/h1-4H,5,15H2,(H,16,20)(H,17,18,19). The molecule has 2 rings (SSSR count). The third kappa shape index (κ3) is 3.25. The number of carbonyl (C=O) groups is 1. The molecule has 0 aliphatic heterocycles. The predicted molar refractivity (Wildman–Crippen MR) is 63.4 cm³/mol. The summed E-state index contributed by atoms with van der Waals surface area (Å²) in [4.78, 5) is 14.9. The van der Waals surface area contributed by atoms with Crippen LogP contribution >= 0.6 is 0 Å². The van der Waals surface area contributed by atoms with Crippen LogP contribution in [0.3, 0.4) is 0 Å². The highest BCUT2D eigenvalue weighted by atomic mass is 19.4. The molecule has 0 atom stereocenters. The lowest BCUT2D eigenvalue weighted by molar-refractivity contribution is -0.144. The third-order valence-corrected chi connectivity index (χ3v) is 2.37. The van der Waals surface area contributed by atoms with Crippen molar-refractivity contribution in [1.82, 2.24) is 20.5 Å². The van der Waals surface area contributed by atoms with E-state index in [0.29, 0.717) is 11.3 Å². The van der Waals surface area contributed by atoms with Gasteiger partial charge in [-0.15, -0.1) is 5.10 Å². The molecule has 0 aliphatic rings. The lowest BCUT2D eigenvalue weighted by atomic mass is 10.2. The first-order chi connectivity index (χ1) is 9.36. The first-order valence-electron chi connectivity index (χ1n) is 5.48. The van der Waals surface area contributed by atoms with E-state index in [2.05, 4.69) is 20.5 Å².